The Labute approximate surface area is 164 Å². The smallest absolute Gasteiger partial charge is 0.321 e. The van der Waals surface area contributed by atoms with Gasteiger partial charge in [0, 0.05) is 5.56 Å². The maximum atomic E-state index is 12.2. The van der Waals surface area contributed by atoms with E-state index in [1.54, 1.807) is 0 Å². The van der Waals surface area contributed by atoms with Crippen LogP contribution in [0.15, 0.2) is 51.2 Å². The van der Waals surface area contributed by atoms with E-state index in [0.29, 0.717) is 11.5 Å². The zero-order valence-electron chi connectivity index (χ0n) is 14.6. The molecule has 0 amide bonds. The van der Waals surface area contributed by atoms with Crippen LogP contribution in [0.3, 0.4) is 0 Å². The fourth-order valence-corrected chi connectivity index (χ4v) is 3.73. The van der Waals surface area contributed by atoms with Crippen LogP contribution in [-0.2, 0) is 26.2 Å². The van der Waals surface area contributed by atoms with Gasteiger partial charge in [0.25, 0.3) is 5.89 Å². The number of thiophene rings is 1. The first kappa shape index (κ1) is 19.9. The monoisotopic (exact) mass is 421 g/mol. The predicted octanol–water partition coefficient (Wildman–Crippen LogP) is 2.02. The highest BCUT2D eigenvalue weighted by Gasteiger charge is 2.17. The lowest BCUT2D eigenvalue weighted by molar-refractivity contribution is -0.143. The number of esters is 1. The van der Waals surface area contributed by atoms with Crippen molar-refractivity contribution in [1.29, 1.82) is 0 Å². The Kier molecular flexibility index (Phi) is 5.97. The number of hydrogen-bond donors (Lipinski definition) is 1. The molecule has 9 nitrogen and oxygen atoms in total. The molecule has 3 aromatic rings. The summed E-state index contributed by atoms with van der Waals surface area (Å²) in [5, 5.41) is 5.56. The summed E-state index contributed by atoms with van der Waals surface area (Å²) in [6.07, 6.45) is 0. The molecule has 146 valence electrons. The van der Waals surface area contributed by atoms with Crippen LogP contribution in [0.4, 0.5) is 0 Å². The normalized spacial score (nSPS) is 11.3. The van der Waals surface area contributed by atoms with Crippen LogP contribution >= 0.6 is 11.3 Å². The number of aromatic nitrogens is 2. The number of Topliss-reactive ketones (excluding diaryl/α,β-unsaturated/α-hetero) is 1. The summed E-state index contributed by atoms with van der Waals surface area (Å²) in [4.78, 5) is 27.8. The van der Waals surface area contributed by atoms with Gasteiger partial charge in [0.1, 0.15) is 6.54 Å². The molecule has 1 N–H and O–H groups in total. The Balaban J connectivity index is 1.51. The van der Waals surface area contributed by atoms with Crippen LogP contribution < -0.4 is 4.72 Å². The fraction of sp³-hybridized carbons (Fsp3) is 0.176. The van der Waals surface area contributed by atoms with Crippen LogP contribution in [0.1, 0.15) is 23.1 Å². The van der Waals surface area contributed by atoms with Gasteiger partial charge in [-0.05, 0) is 30.5 Å². The maximum absolute atomic E-state index is 12.2. The Hall–Kier alpha value is -2.89. The summed E-state index contributed by atoms with van der Waals surface area (Å²) in [6.45, 7) is 0.569. The number of nitrogens with one attached hydrogen (secondary N) is 1. The molecule has 2 aromatic heterocycles. The highest BCUT2D eigenvalue weighted by atomic mass is 32.2. The minimum absolute atomic E-state index is 0.0657. The molecule has 0 aliphatic heterocycles. The van der Waals surface area contributed by atoms with Gasteiger partial charge in [-0.2, -0.15) is 9.71 Å². The number of ketones is 1. The summed E-state index contributed by atoms with van der Waals surface area (Å²) in [5.41, 5.74) is 0.389. The second-order valence-corrected chi connectivity index (χ2v) is 8.27. The van der Waals surface area contributed by atoms with Crippen molar-refractivity contribution in [1.82, 2.24) is 14.9 Å². The average Bonchev–Trinajstić information content (AvgIpc) is 3.36. The molecule has 0 atom stereocenters. The molecule has 0 aliphatic rings. The number of nitrogens with zero attached hydrogens (tertiary/aromatic N) is 2. The van der Waals surface area contributed by atoms with Gasteiger partial charge in [-0.1, -0.05) is 23.4 Å². The van der Waals surface area contributed by atoms with E-state index < -0.39 is 22.5 Å². The number of benzene rings is 1. The number of hydrogen-bond acceptors (Lipinski definition) is 9. The third-order valence-electron chi connectivity index (χ3n) is 3.54. The molecule has 0 radical (unpaired) electrons. The minimum atomic E-state index is -3.92. The Morgan fingerprint density at radius 1 is 1.21 bits per heavy atom. The Bertz CT molecular complexity index is 1070. The second-order valence-electron chi connectivity index (χ2n) is 5.56. The van der Waals surface area contributed by atoms with Gasteiger partial charge in [0.05, 0.1) is 9.77 Å². The van der Waals surface area contributed by atoms with E-state index in [2.05, 4.69) is 14.9 Å². The number of ether oxygens (including phenoxy) is 1. The third-order valence-corrected chi connectivity index (χ3v) is 5.81. The van der Waals surface area contributed by atoms with Crippen molar-refractivity contribution in [2.24, 2.45) is 0 Å². The lowest BCUT2D eigenvalue weighted by Gasteiger charge is -2.07. The molecular weight excluding hydrogens is 406 g/mol. The number of sulfonamides is 1. The van der Waals surface area contributed by atoms with Crippen LogP contribution in [0.2, 0.25) is 0 Å². The van der Waals surface area contributed by atoms with Crippen molar-refractivity contribution in [3.63, 3.8) is 0 Å². The number of rotatable bonds is 8. The molecular formula is C17H15N3O6S2. The van der Waals surface area contributed by atoms with Gasteiger partial charge in [-0.25, -0.2) is 8.42 Å². The first-order valence-corrected chi connectivity index (χ1v) is 10.3. The van der Waals surface area contributed by atoms with Crippen molar-refractivity contribution in [3.05, 3.63) is 53.2 Å². The fourth-order valence-electron chi connectivity index (χ4n) is 2.12. The number of carbonyl (C=O) groups excluding carboxylic acids is 2. The molecule has 0 fully saturated rings. The van der Waals surface area contributed by atoms with Gasteiger partial charge in [-0.15, -0.1) is 11.3 Å². The summed E-state index contributed by atoms with van der Waals surface area (Å²) in [6, 6.07) is 9.02. The SMILES string of the molecule is CC(=O)c1ccc(S(=O)(=O)NCC(=O)OCc2noc(-c3cccs3)n2)cc1. The van der Waals surface area contributed by atoms with Crippen molar-refractivity contribution in [2.45, 2.75) is 18.4 Å². The molecule has 0 aliphatic carbocycles. The molecule has 0 saturated carbocycles. The first-order valence-electron chi connectivity index (χ1n) is 7.98. The summed E-state index contributed by atoms with van der Waals surface area (Å²) < 4.78 is 36.5. The van der Waals surface area contributed by atoms with Gasteiger partial charge in [0.15, 0.2) is 12.4 Å². The topological polar surface area (TPSA) is 128 Å². The van der Waals surface area contributed by atoms with E-state index in [1.807, 2.05) is 17.5 Å². The largest absolute Gasteiger partial charge is 0.456 e. The molecule has 3 rings (SSSR count). The van der Waals surface area contributed by atoms with Crippen LogP contribution in [0.5, 0.6) is 0 Å². The van der Waals surface area contributed by atoms with E-state index in [-0.39, 0.29) is 23.1 Å². The molecule has 2 heterocycles. The van der Waals surface area contributed by atoms with Crippen molar-refractivity contribution in [3.8, 4) is 10.8 Å². The van der Waals surface area contributed by atoms with E-state index in [1.165, 1.54) is 42.5 Å². The lowest BCUT2D eigenvalue weighted by Crippen LogP contribution is -2.30. The Morgan fingerprint density at radius 2 is 1.96 bits per heavy atom. The van der Waals surface area contributed by atoms with E-state index in [9.17, 15) is 18.0 Å². The summed E-state index contributed by atoms with van der Waals surface area (Å²) in [7, 11) is -3.92. The minimum Gasteiger partial charge on any atom is -0.456 e. The Morgan fingerprint density at radius 3 is 2.61 bits per heavy atom. The van der Waals surface area contributed by atoms with Crippen molar-refractivity contribution >= 4 is 33.1 Å². The van der Waals surface area contributed by atoms with E-state index in [0.717, 1.165) is 4.88 Å². The molecule has 11 heteroatoms. The average molecular weight is 421 g/mol. The van der Waals surface area contributed by atoms with Crippen LogP contribution in [0, 0.1) is 0 Å². The van der Waals surface area contributed by atoms with Crippen molar-refractivity contribution < 1.29 is 27.3 Å². The summed E-state index contributed by atoms with van der Waals surface area (Å²) >= 11 is 1.43. The van der Waals surface area contributed by atoms with Crippen molar-refractivity contribution in [2.75, 3.05) is 6.54 Å². The zero-order valence-corrected chi connectivity index (χ0v) is 16.2. The zero-order chi connectivity index (χ0) is 20.1. The first-order chi connectivity index (χ1) is 13.3. The van der Waals surface area contributed by atoms with E-state index in [4.69, 9.17) is 9.26 Å². The van der Waals surface area contributed by atoms with E-state index >= 15 is 0 Å². The standard InChI is InChI=1S/C17H15N3O6S2/c1-11(21)12-4-6-13(7-5-12)28(23,24)18-9-16(22)25-10-15-19-17(26-20-15)14-3-2-8-27-14/h2-8,18H,9-10H2,1H3. The highest BCUT2D eigenvalue weighted by Crippen LogP contribution is 2.22. The lowest BCUT2D eigenvalue weighted by atomic mass is 10.2. The van der Waals surface area contributed by atoms with Gasteiger partial charge in [-0.3, -0.25) is 9.59 Å². The molecule has 0 unspecified atom stereocenters. The van der Waals surface area contributed by atoms with Gasteiger partial charge < -0.3 is 9.26 Å². The maximum Gasteiger partial charge on any atom is 0.321 e. The molecule has 28 heavy (non-hydrogen) atoms. The molecule has 1 aromatic carbocycles. The third kappa shape index (κ3) is 4.88. The molecule has 0 spiro atoms. The predicted molar refractivity (Wildman–Crippen MR) is 99.0 cm³/mol. The highest BCUT2D eigenvalue weighted by molar-refractivity contribution is 7.89. The molecule has 0 bridgehead atoms. The van der Waals surface area contributed by atoms with Crippen LogP contribution in [0.25, 0.3) is 10.8 Å². The molecule has 0 saturated heterocycles. The number of carbonyl (C=O) groups is 2. The summed E-state index contributed by atoms with van der Waals surface area (Å²) in [5.74, 6) is -0.495. The quantitative estimate of drug-likeness (QED) is 0.432. The van der Waals surface area contributed by atoms with Gasteiger partial charge in [0.2, 0.25) is 15.8 Å². The van der Waals surface area contributed by atoms with Gasteiger partial charge >= 0.3 is 5.97 Å². The van der Waals surface area contributed by atoms with Crippen LogP contribution in [-0.4, -0.2) is 36.9 Å². The second kappa shape index (κ2) is 8.42.